The Morgan fingerprint density at radius 3 is 2.94 bits per heavy atom. The average molecular weight is 234 g/mol. The summed E-state index contributed by atoms with van der Waals surface area (Å²) in [7, 11) is 0. The fourth-order valence-electron chi connectivity index (χ4n) is 1.85. The lowest BCUT2D eigenvalue weighted by atomic mass is 9.85. The molecule has 1 fully saturated rings. The molecule has 1 saturated carbocycles. The molecule has 0 heterocycles. The summed E-state index contributed by atoms with van der Waals surface area (Å²) >= 11 is 5.86. The first kappa shape index (κ1) is 11.5. The first-order valence-electron chi connectivity index (χ1n) is 5.51. The van der Waals surface area contributed by atoms with Gasteiger partial charge < -0.3 is 5.11 Å². The highest BCUT2D eigenvalue weighted by molar-refractivity contribution is 6.30. The van der Waals surface area contributed by atoms with Gasteiger partial charge in [0.1, 0.15) is 5.60 Å². The third kappa shape index (κ3) is 3.01. The second-order valence-electron chi connectivity index (χ2n) is 4.18. The van der Waals surface area contributed by atoms with E-state index in [1.165, 1.54) is 0 Å². The van der Waals surface area contributed by atoms with E-state index in [2.05, 4.69) is 18.3 Å². The Hall–Kier alpha value is -0.970. The first-order valence-corrected chi connectivity index (χ1v) is 5.89. The SMILES string of the molecule is O[C@@]1(C#Cc2cccc(Cl)c2)C[CH]CCC1. The molecule has 2 rings (SSSR count). The standard InChI is InChI=1S/C14H14ClO/c15-13-6-4-5-12(11-13)7-10-14(16)8-2-1-3-9-14/h2,4-6,11,16H,1,3,8-9H2/t14-/m0/s1. The third-order valence-electron chi connectivity index (χ3n) is 2.74. The molecule has 1 aromatic carbocycles. The van der Waals surface area contributed by atoms with Crippen LogP contribution in [-0.2, 0) is 0 Å². The van der Waals surface area contributed by atoms with E-state index < -0.39 is 5.60 Å². The van der Waals surface area contributed by atoms with Gasteiger partial charge in [0.15, 0.2) is 0 Å². The maximum Gasteiger partial charge on any atom is 0.126 e. The summed E-state index contributed by atoms with van der Waals surface area (Å²) < 4.78 is 0. The molecule has 1 atom stereocenters. The highest BCUT2D eigenvalue weighted by atomic mass is 35.5. The molecule has 16 heavy (non-hydrogen) atoms. The maximum atomic E-state index is 10.2. The smallest absolute Gasteiger partial charge is 0.126 e. The summed E-state index contributed by atoms with van der Waals surface area (Å²) in [5.41, 5.74) is 0.0205. The van der Waals surface area contributed by atoms with E-state index >= 15 is 0 Å². The largest absolute Gasteiger partial charge is 0.378 e. The molecular formula is C14H14ClO. The van der Waals surface area contributed by atoms with Crippen LogP contribution in [0.5, 0.6) is 0 Å². The Morgan fingerprint density at radius 2 is 2.25 bits per heavy atom. The van der Waals surface area contributed by atoms with Gasteiger partial charge in [0.2, 0.25) is 0 Å². The van der Waals surface area contributed by atoms with Gasteiger partial charge in [-0.15, -0.1) is 0 Å². The Balaban J connectivity index is 2.14. The summed E-state index contributed by atoms with van der Waals surface area (Å²) in [4.78, 5) is 0. The van der Waals surface area contributed by atoms with Crippen LogP contribution in [0, 0.1) is 18.3 Å². The van der Waals surface area contributed by atoms with E-state index in [1.807, 2.05) is 24.3 Å². The molecule has 83 valence electrons. The predicted octanol–water partition coefficient (Wildman–Crippen LogP) is 3.20. The van der Waals surface area contributed by atoms with Crippen LogP contribution >= 0.6 is 11.6 Å². The van der Waals surface area contributed by atoms with Gasteiger partial charge in [-0.3, -0.25) is 0 Å². The molecule has 0 aliphatic heterocycles. The molecule has 0 spiro atoms. The molecule has 1 radical (unpaired) electrons. The van der Waals surface area contributed by atoms with E-state index in [9.17, 15) is 5.11 Å². The topological polar surface area (TPSA) is 20.2 Å². The molecule has 1 N–H and O–H groups in total. The lowest BCUT2D eigenvalue weighted by Crippen LogP contribution is -2.29. The Kier molecular flexibility index (Phi) is 3.53. The van der Waals surface area contributed by atoms with Crippen molar-refractivity contribution in [3.8, 4) is 11.8 Å². The molecule has 0 amide bonds. The lowest BCUT2D eigenvalue weighted by Gasteiger charge is -2.26. The van der Waals surface area contributed by atoms with Gasteiger partial charge in [-0.2, -0.15) is 0 Å². The van der Waals surface area contributed by atoms with Gasteiger partial charge in [-0.25, -0.2) is 0 Å². The minimum atomic E-state index is -0.833. The van der Waals surface area contributed by atoms with Crippen LogP contribution in [-0.4, -0.2) is 10.7 Å². The fraction of sp³-hybridized carbons (Fsp3) is 0.357. The van der Waals surface area contributed by atoms with Crippen molar-refractivity contribution in [2.45, 2.75) is 31.3 Å². The van der Waals surface area contributed by atoms with Crippen molar-refractivity contribution in [1.29, 1.82) is 0 Å². The van der Waals surface area contributed by atoms with Crippen LogP contribution in [0.2, 0.25) is 5.02 Å². The predicted molar refractivity (Wildman–Crippen MR) is 66.0 cm³/mol. The lowest BCUT2D eigenvalue weighted by molar-refractivity contribution is 0.0768. The minimum Gasteiger partial charge on any atom is -0.378 e. The van der Waals surface area contributed by atoms with Crippen molar-refractivity contribution in [3.63, 3.8) is 0 Å². The van der Waals surface area contributed by atoms with Crippen LogP contribution in [0.4, 0.5) is 0 Å². The quantitative estimate of drug-likeness (QED) is 0.683. The molecule has 1 aliphatic carbocycles. The molecular weight excluding hydrogens is 220 g/mol. The summed E-state index contributed by atoms with van der Waals surface area (Å²) in [6.45, 7) is 0. The molecule has 0 bridgehead atoms. The minimum absolute atomic E-state index is 0.667. The molecule has 0 aromatic heterocycles. The van der Waals surface area contributed by atoms with E-state index in [1.54, 1.807) is 0 Å². The molecule has 1 aliphatic rings. The maximum absolute atomic E-state index is 10.2. The van der Waals surface area contributed by atoms with Crippen LogP contribution in [0.25, 0.3) is 0 Å². The molecule has 1 nitrogen and oxygen atoms in total. The number of rotatable bonds is 0. The number of hydrogen-bond acceptors (Lipinski definition) is 1. The van der Waals surface area contributed by atoms with Crippen molar-refractivity contribution in [1.82, 2.24) is 0 Å². The summed E-state index contributed by atoms with van der Waals surface area (Å²) in [6.07, 6.45) is 5.63. The zero-order valence-electron chi connectivity index (χ0n) is 9.04. The van der Waals surface area contributed by atoms with Crippen molar-refractivity contribution < 1.29 is 5.11 Å². The highest BCUT2D eigenvalue weighted by Gasteiger charge is 2.26. The molecule has 2 heteroatoms. The Labute approximate surface area is 101 Å². The average Bonchev–Trinajstić information content (AvgIpc) is 2.28. The monoisotopic (exact) mass is 233 g/mol. The number of halogens is 1. The van der Waals surface area contributed by atoms with Gasteiger partial charge in [0, 0.05) is 10.6 Å². The fourth-order valence-corrected chi connectivity index (χ4v) is 2.04. The van der Waals surface area contributed by atoms with Gasteiger partial charge >= 0.3 is 0 Å². The van der Waals surface area contributed by atoms with Crippen molar-refractivity contribution in [3.05, 3.63) is 41.3 Å². The Morgan fingerprint density at radius 1 is 1.38 bits per heavy atom. The van der Waals surface area contributed by atoms with Crippen LogP contribution in [0.1, 0.15) is 31.2 Å². The van der Waals surface area contributed by atoms with E-state index in [4.69, 9.17) is 11.6 Å². The third-order valence-corrected chi connectivity index (χ3v) is 2.98. The van der Waals surface area contributed by atoms with E-state index in [0.29, 0.717) is 11.4 Å². The Bertz CT molecular complexity index is 422. The molecule has 0 unspecified atom stereocenters. The number of hydrogen-bond donors (Lipinski definition) is 1. The molecule has 1 aromatic rings. The van der Waals surface area contributed by atoms with Crippen LogP contribution < -0.4 is 0 Å². The van der Waals surface area contributed by atoms with Crippen molar-refractivity contribution >= 4 is 11.6 Å². The summed E-state index contributed by atoms with van der Waals surface area (Å²) in [5, 5.41) is 10.8. The van der Waals surface area contributed by atoms with E-state index in [-0.39, 0.29) is 0 Å². The molecule has 0 saturated heterocycles. The van der Waals surface area contributed by atoms with Crippen LogP contribution in [0.3, 0.4) is 0 Å². The van der Waals surface area contributed by atoms with Crippen molar-refractivity contribution in [2.24, 2.45) is 0 Å². The van der Waals surface area contributed by atoms with Gasteiger partial charge in [-0.05, 0) is 50.3 Å². The van der Waals surface area contributed by atoms with Gasteiger partial charge in [-0.1, -0.05) is 29.5 Å². The van der Waals surface area contributed by atoms with Crippen LogP contribution in [0.15, 0.2) is 24.3 Å². The second-order valence-corrected chi connectivity index (χ2v) is 4.61. The normalized spacial score (nSPS) is 18.6. The first-order chi connectivity index (χ1) is 7.68. The van der Waals surface area contributed by atoms with Gasteiger partial charge in [0.05, 0.1) is 0 Å². The summed E-state index contributed by atoms with van der Waals surface area (Å²) in [6, 6.07) is 7.39. The van der Waals surface area contributed by atoms with Crippen molar-refractivity contribution in [2.75, 3.05) is 0 Å². The number of benzene rings is 1. The second kappa shape index (κ2) is 4.91. The summed E-state index contributed by atoms with van der Waals surface area (Å²) in [5.74, 6) is 5.95. The highest BCUT2D eigenvalue weighted by Crippen LogP contribution is 2.26. The zero-order chi connectivity index (χ0) is 11.4. The van der Waals surface area contributed by atoms with E-state index in [0.717, 1.165) is 24.8 Å². The number of aliphatic hydroxyl groups is 1. The van der Waals surface area contributed by atoms with Gasteiger partial charge in [0.25, 0.3) is 0 Å². The zero-order valence-corrected chi connectivity index (χ0v) is 9.80.